The zero-order valence-electron chi connectivity index (χ0n) is 20.0. The highest BCUT2D eigenvalue weighted by atomic mass is 16.5. The highest BCUT2D eigenvalue weighted by molar-refractivity contribution is 5.81. The van der Waals surface area contributed by atoms with Crippen molar-refractivity contribution in [2.24, 2.45) is 0 Å². The van der Waals surface area contributed by atoms with Crippen LogP contribution in [-0.4, -0.2) is 42.9 Å². The van der Waals surface area contributed by atoms with Crippen LogP contribution in [0.5, 0.6) is 5.75 Å². The van der Waals surface area contributed by atoms with E-state index in [0.29, 0.717) is 16.9 Å². The van der Waals surface area contributed by atoms with Gasteiger partial charge in [0.05, 0.1) is 7.11 Å². The van der Waals surface area contributed by atoms with Gasteiger partial charge in [-0.05, 0) is 39.9 Å². The average Bonchev–Trinajstić information content (AvgIpc) is 3.19. The molecule has 8 nitrogen and oxygen atoms in total. The van der Waals surface area contributed by atoms with E-state index >= 15 is 0 Å². The smallest absolute Gasteiger partial charge is 0.407 e. The van der Waals surface area contributed by atoms with E-state index in [9.17, 15) is 19.5 Å². The van der Waals surface area contributed by atoms with Gasteiger partial charge in [0.15, 0.2) is 0 Å². The molecule has 1 atom stereocenters. The van der Waals surface area contributed by atoms with E-state index in [2.05, 4.69) is 5.32 Å². The number of alkyl carbamates (subject to hydrolysis) is 1. The first-order chi connectivity index (χ1) is 17.4. The third-order valence-corrected chi connectivity index (χ3v) is 6.15. The Bertz CT molecular complexity index is 1240. The molecular weight excluding hydrogens is 462 g/mol. The number of hydrogen-bond donors (Lipinski definition) is 2. The van der Waals surface area contributed by atoms with Crippen LogP contribution in [0.1, 0.15) is 35.1 Å². The van der Waals surface area contributed by atoms with E-state index in [1.54, 1.807) is 18.2 Å². The Morgan fingerprint density at radius 1 is 0.944 bits per heavy atom. The number of nitrogens with one attached hydrogen (secondary N) is 1. The number of fused-ring (bicyclic) bond motifs is 3. The summed E-state index contributed by atoms with van der Waals surface area (Å²) in [5.41, 5.74) is 5.57. The molecule has 186 valence electrons. The summed E-state index contributed by atoms with van der Waals surface area (Å²) in [5.74, 6) is -1.25. The van der Waals surface area contributed by atoms with E-state index in [0.717, 1.165) is 22.3 Å². The number of ether oxygens (including phenoxy) is 3. The van der Waals surface area contributed by atoms with Gasteiger partial charge in [-0.3, -0.25) is 4.79 Å². The molecule has 0 heterocycles. The third-order valence-electron chi connectivity index (χ3n) is 6.15. The number of rotatable bonds is 9. The van der Waals surface area contributed by atoms with Crippen molar-refractivity contribution in [3.05, 3.63) is 89.0 Å². The zero-order valence-corrected chi connectivity index (χ0v) is 20.0. The maximum Gasteiger partial charge on any atom is 0.407 e. The molecule has 0 spiro atoms. The molecule has 3 aromatic rings. The Balaban J connectivity index is 1.42. The molecule has 0 radical (unpaired) electrons. The summed E-state index contributed by atoms with van der Waals surface area (Å²) in [4.78, 5) is 35.7. The Labute approximate surface area is 208 Å². The van der Waals surface area contributed by atoms with E-state index in [1.165, 1.54) is 14.0 Å². The van der Waals surface area contributed by atoms with Crippen LogP contribution in [0.4, 0.5) is 4.79 Å². The van der Waals surface area contributed by atoms with Gasteiger partial charge in [-0.2, -0.15) is 0 Å². The largest absolute Gasteiger partial charge is 0.496 e. The minimum atomic E-state index is -1.21. The molecule has 0 fully saturated rings. The van der Waals surface area contributed by atoms with Crippen LogP contribution in [0.3, 0.4) is 0 Å². The van der Waals surface area contributed by atoms with Gasteiger partial charge in [0.2, 0.25) is 0 Å². The molecule has 36 heavy (non-hydrogen) atoms. The molecule has 0 aromatic heterocycles. The Morgan fingerprint density at radius 3 is 2.17 bits per heavy atom. The highest BCUT2D eigenvalue weighted by Gasteiger charge is 2.30. The van der Waals surface area contributed by atoms with Crippen molar-refractivity contribution in [3.63, 3.8) is 0 Å². The summed E-state index contributed by atoms with van der Waals surface area (Å²) < 4.78 is 15.8. The fourth-order valence-electron chi connectivity index (χ4n) is 4.47. The molecule has 1 aliphatic rings. The van der Waals surface area contributed by atoms with Crippen LogP contribution < -0.4 is 10.1 Å². The van der Waals surface area contributed by atoms with Gasteiger partial charge in [0, 0.05) is 24.8 Å². The van der Waals surface area contributed by atoms with Gasteiger partial charge in [-0.25, -0.2) is 9.59 Å². The number of esters is 1. The highest BCUT2D eigenvalue weighted by Crippen LogP contribution is 2.44. The predicted octanol–water partition coefficient (Wildman–Crippen LogP) is 4.29. The van der Waals surface area contributed by atoms with Crippen molar-refractivity contribution >= 4 is 18.0 Å². The zero-order chi connectivity index (χ0) is 25.7. The van der Waals surface area contributed by atoms with Crippen molar-refractivity contribution in [2.75, 3.05) is 13.7 Å². The number of carbonyl (C=O) groups is 3. The lowest BCUT2D eigenvalue weighted by atomic mass is 9.98. The summed E-state index contributed by atoms with van der Waals surface area (Å²) in [5, 5.41) is 12.2. The first kappa shape index (κ1) is 24.8. The minimum absolute atomic E-state index is 0.0100. The van der Waals surface area contributed by atoms with Gasteiger partial charge in [-0.15, -0.1) is 0 Å². The van der Waals surface area contributed by atoms with Crippen molar-refractivity contribution in [3.8, 4) is 16.9 Å². The van der Waals surface area contributed by atoms with Crippen molar-refractivity contribution in [1.29, 1.82) is 0 Å². The normalized spacial score (nSPS) is 12.7. The van der Waals surface area contributed by atoms with Crippen LogP contribution in [0, 0.1) is 0 Å². The Hall–Kier alpha value is -4.33. The third kappa shape index (κ3) is 5.49. The van der Waals surface area contributed by atoms with E-state index < -0.39 is 24.1 Å². The van der Waals surface area contributed by atoms with E-state index in [-0.39, 0.29) is 25.6 Å². The summed E-state index contributed by atoms with van der Waals surface area (Å²) in [7, 11) is 1.49. The lowest BCUT2D eigenvalue weighted by Gasteiger charge is -2.18. The fraction of sp³-hybridized carbons (Fsp3) is 0.250. The van der Waals surface area contributed by atoms with Gasteiger partial charge < -0.3 is 24.6 Å². The number of benzene rings is 3. The van der Waals surface area contributed by atoms with Gasteiger partial charge in [-0.1, -0.05) is 54.6 Å². The van der Waals surface area contributed by atoms with Crippen molar-refractivity contribution < 1.29 is 33.7 Å². The molecule has 1 aliphatic carbocycles. The Kier molecular flexibility index (Phi) is 7.53. The van der Waals surface area contributed by atoms with Crippen LogP contribution in [0.2, 0.25) is 0 Å². The summed E-state index contributed by atoms with van der Waals surface area (Å²) in [6.45, 7) is 1.38. The topological polar surface area (TPSA) is 111 Å². The fourth-order valence-corrected chi connectivity index (χ4v) is 4.47. The molecule has 3 aromatic carbocycles. The number of amides is 1. The van der Waals surface area contributed by atoms with Crippen LogP contribution >= 0.6 is 0 Å². The second-order valence-corrected chi connectivity index (χ2v) is 8.49. The molecule has 4 rings (SSSR count). The number of hydrogen-bond acceptors (Lipinski definition) is 6. The lowest BCUT2D eigenvalue weighted by Crippen LogP contribution is -2.42. The maximum atomic E-state index is 12.6. The predicted molar refractivity (Wildman–Crippen MR) is 132 cm³/mol. The molecule has 0 aliphatic heterocycles. The van der Waals surface area contributed by atoms with Crippen LogP contribution in [0.25, 0.3) is 11.1 Å². The van der Waals surface area contributed by atoms with Crippen molar-refractivity contribution in [1.82, 2.24) is 5.32 Å². The first-order valence-corrected chi connectivity index (χ1v) is 11.5. The Morgan fingerprint density at radius 2 is 1.58 bits per heavy atom. The molecule has 0 saturated carbocycles. The molecule has 1 amide bonds. The van der Waals surface area contributed by atoms with Crippen molar-refractivity contribution in [2.45, 2.75) is 31.9 Å². The molecular formula is C28H27NO7. The minimum Gasteiger partial charge on any atom is -0.496 e. The first-order valence-electron chi connectivity index (χ1n) is 11.5. The lowest BCUT2D eigenvalue weighted by molar-refractivity contribution is -0.142. The second-order valence-electron chi connectivity index (χ2n) is 8.49. The number of carboxylic acid groups (broad SMARTS) is 1. The summed E-state index contributed by atoms with van der Waals surface area (Å²) >= 11 is 0. The molecule has 0 saturated heterocycles. The van der Waals surface area contributed by atoms with E-state index in [1.807, 2.05) is 48.5 Å². The summed E-state index contributed by atoms with van der Waals surface area (Å²) in [6.07, 6.45) is -0.797. The SMILES string of the molecule is COc1ccc(CC(NC(=O)OCC2c3ccccc3-c3ccccc32)C(=O)O)cc1COC(C)=O. The number of methoxy groups -OCH3 is 1. The van der Waals surface area contributed by atoms with Crippen LogP contribution in [-0.2, 0) is 32.1 Å². The number of aliphatic carboxylic acids is 1. The summed E-state index contributed by atoms with van der Waals surface area (Å²) in [6, 6.07) is 19.8. The van der Waals surface area contributed by atoms with Crippen LogP contribution in [0.15, 0.2) is 66.7 Å². The monoisotopic (exact) mass is 489 g/mol. The second kappa shape index (κ2) is 10.9. The average molecular weight is 490 g/mol. The molecule has 0 bridgehead atoms. The van der Waals surface area contributed by atoms with Gasteiger partial charge in [0.1, 0.15) is 25.0 Å². The molecule has 1 unspecified atom stereocenters. The quantitative estimate of drug-likeness (QED) is 0.431. The molecule has 2 N–H and O–H groups in total. The number of carbonyl (C=O) groups excluding carboxylic acids is 2. The number of carboxylic acids is 1. The van der Waals surface area contributed by atoms with Gasteiger partial charge >= 0.3 is 18.0 Å². The van der Waals surface area contributed by atoms with E-state index in [4.69, 9.17) is 14.2 Å². The van der Waals surface area contributed by atoms with Gasteiger partial charge in [0.25, 0.3) is 0 Å². The maximum absolute atomic E-state index is 12.6. The standard InChI is InChI=1S/C28H27NO7/c1-17(30)35-15-19-13-18(11-12-26(19)34-2)14-25(27(31)32)29-28(33)36-16-24-22-9-5-3-7-20(22)21-8-4-6-10-23(21)24/h3-13,24-25H,14-16H2,1-2H3,(H,29,33)(H,31,32). The molecule has 8 heteroatoms.